The fraction of sp³-hybridized carbons (Fsp3) is 0.667. The molecule has 1 aromatic heterocycles. The van der Waals surface area contributed by atoms with E-state index in [4.69, 9.17) is 10.5 Å². The zero-order valence-electron chi connectivity index (χ0n) is 7.62. The molecule has 1 unspecified atom stereocenters. The normalized spacial score (nSPS) is 22.4. The lowest BCUT2D eigenvalue weighted by molar-refractivity contribution is 0.185. The summed E-state index contributed by atoms with van der Waals surface area (Å²) in [6.07, 6.45) is 3.95. The Hall–Kier alpha value is -0.870. The van der Waals surface area contributed by atoms with Gasteiger partial charge in [0.2, 0.25) is 0 Å². The van der Waals surface area contributed by atoms with Crippen molar-refractivity contribution in [3.63, 3.8) is 0 Å². The first kappa shape index (κ1) is 8.72. The molecule has 13 heavy (non-hydrogen) atoms. The Morgan fingerprint density at radius 2 is 2.62 bits per heavy atom. The van der Waals surface area contributed by atoms with E-state index in [-0.39, 0.29) is 0 Å². The average Bonchev–Trinajstić information content (AvgIpc) is 2.76. The zero-order valence-corrected chi connectivity index (χ0v) is 7.62. The highest BCUT2D eigenvalue weighted by Crippen LogP contribution is 2.16. The number of aromatic amines is 1. The summed E-state index contributed by atoms with van der Waals surface area (Å²) in [5.41, 5.74) is 6.48. The Bertz CT molecular complexity index is 266. The number of ether oxygens (including phenoxy) is 1. The Balaban J connectivity index is 1.92. The van der Waals surface area contributed by atoms with Crippen LogP contribution in [-0.4, -0.2) is 23.2 Å². The Morgan fingerprint density at radius 3 is 3.23 bits per heavy atom. The van der Waals surface area contributed by atoms with Gasteiger partial charge in [0.15, 0.2) is 0 Å². The number of imidazole rings is 1. The van der Waals surface area contributed by atoms with Gasteiger partial charge in [0.1, 0.15) is 5.82 Å². The molecule has 2 heterocycles. The summed E-state index contributed by atoms with van der Waals surface area (Å²) in [6.45, 7) is 2.31. The second-order valence-electron chi connectivity index (χ2n) is 3.49. The molecular formula is C9H15N3O. The number of hydrogen-bond acceptors (Lipinski definition) is 3. The highest BCUT2D eigenvalue weighted by molar-refractivity contribution is 5.01. The fourth-order valence-electron chi connectivity index (χ4n) is 1.63. The van der Waals surface area contributed by atoms with Gasteiger partial charge in [-0.1, -0.05) is 0 Å². The molecule has 72 valence electrons. The van der Waals surface area contributed by atoms with Crippen molar-refractivity contribution in [3.8, 4) is 0 Å². The quantitative estimate of drug-likeness (QED) is 0.711. The topological polar surface area (TPSA) is 63.9 Å². The monoisotopic (exact) mass is 181 g/mol. The molecule has 0 spiro atoms. The zero-order chi connectivity index (χ0) is 9.10. The van der Waals surface area contributed by atoms with Crippen molar-refractivity contribution in [3.05, 3.63) is 17.7 Å². The SMILES string of the molecule is NCc1cnc(CC2CCOC2)[nH]1. The van der Waals surface area contributed by atoms with Crippen LogP contribution in [0.1, 0.15) is 17.9 Å². The van der Waals surface area contributed by atoms with Crippen molar-refractivity contribution in [1.29, 1.82) is 0 Å². The van der Waals surface area contributed by atoms with Crippen molar-refractivity contribution in [2.75, 3.05) is 13.2 Å². The second kappa shape index (κ2) is 3.89. The molecule has 0 radical (unpaired) electrons. The molecule has 4 nitrogen and oxygen atoms in total. The van der Waals surface area contributed by atoms with Crippen molar-refractivity contribution in [2.24, 2.45) is 11.7 Å². The van der Waals surface area contributed by atoms with E-state index in [0.717, 1.165) is 37.6 Å². The van der Waals surface area contributed by atoms with Crippen LogP contribution in [0.25, 0.3) is 0 Å². The molecular weight excluding hydrogens is 166 g/mol. The van der Waals surface area contributed by atoms with Gasteiger partial charge in [-0.05, 0) is 12.3 Å². The fourth-order valence-corrected chi connectivity index (χ4v) is 1.63. The van der Waals surface area contributed by atoms with E-state index in [1.165, 1.54) is 0 Å². The molecule has 1 aliphatic rings. The number of nitrogens with zero attached hydrogens (tertiary/aromatic N) is 1. The van der Waals surface area contributed by atoms with Gasteiger partial charge >= 0.3 is 0 Å². The number of nitrogens with two attached hydrogens (primary N) is 1. The standard InChI is InChI=1S/C9H15N3O/c10-4-8-5-11-9(12-8)3-7-1-2-13-6-7/h5,7H,1-4,6,10H2,(H,11,12). The summed E-state index contributed by atoms with van der Waals surface area (Å²) in [5, 5.41) is 0. The summed E-state index contributed by atoms with van der Waals surface area (Å²) < 4.78 is 5.30. The molecule has 1 aliphatic heterocycles. The summed E-state index contributed by atoms with van der Waals surface area (Å²) in [5.74, 6) is 1.67. The third kappa shape index (κ3) is 2.08. The third-order valence-electron chi connectivity index (χ3n) is 2.41. The van der Waals surface area contributed by atoms with Crippen molar-refractivity contribution in [2.45, 2.75) is 19.4 Å². The van der Waals surface area contributed by atoms with E-state index in [1.807, 2.05) is 6.20 Å². The third-order valence-corrected chi connectivity index (χ3v) is 2.41. The number of hydrogen-bond donors (Lipinski definition) is 2. The predicted molar refractivity (Wildman–Crippen MR) is 49.1 cm³/mol. The molecule has 0 bridgehead atoms. The summed E-state index contributed by atoms with van der Waals surface area (Å²) >= 11 is 0. The van der Waals surface area contributed by atoms with Gasteiger partial charge in [-0.2, -0.15) is 0 Å². The number of nitrogens with one attached hydrogen (secondary N) is 1. The van der Waals surface area contributed by atoms with E-state index < -0.39 is 0 Å². The smallest absolute Gasteiger partial charge is 0.106 e. The van der Waals surface area contributed by atoms with Gasteiger partial charge in [0.25, 0.3) is 0 Å². The average molecular weight is 181 g/mol. The maximum atomic E-state index is 5.48. The molecule has 1 aromatic rings. The lowest BCUT2D eigenvalue weighted by Crippen LogP contribution is -2.05. The molecule has 0 aromatic carbocycles. The summed E-state index contributed by atoms with van der Waals surface area (Å²) in [4.78, 5) is 7.46. The van der Waals surface area contributed by atoms with Crippen molar-refractivity contribution < 1.29 is 4.74 Å². The number of aromatic nitrogens is 2. The van der Waals surface area contributed by atoms with Crippen LogP contribution >= 0.6 is 0 Å². The van der Waals surface area contributed by atoms with Crippen molar-refractivity contribution in [1.82, 2.24) is 9.97 Å². The number of H-pyrrole nitrogens is 1. The predicted octanol–water partition coefficient (Wildman–Crippen LogP) is 0.447. The first-order valence-corrected chi connectivity index (χ1v) is 4.69. The molecule has 3 N–H and O–H groups in total. The molecule has 0 aliphatic carbocycles. The minimum absolute atomic E-state index is 0.536. The van der Waals surface area contributed by atoms with Gasteiger partial charge in [-0.15, -0.1) is 0 Å². The highest BCUT2D eigenvalue weighted by Gasteiger charge is 2.17. The van der Waals surface area contributed by atoms with Gasteiger partial charge < -0.3 is 15.5 Å². The first-order chi connectivity index (χ1) is 6.38. The van der Waals surface area contributed by atoms with E-state index in [2.05, 4.69) is 9.97 Å². The van der Waals surface area contributed by atoms with Gasteiger partial charge in [-0.3, -0.25) is 0 Å². The molecule has 1 atom stereocenters. The van der Waals surface area contributed by atoms with Crippen LogP contribution in [0.15, 0.2) is 6.20 Å². The lowest BCUT2D eigenvalue weighted by atomic mass is 10.1. The second-order valence-corrected chi connectivity index (χ2v) is 3.49. The summed E-state index contributed by atoms with van der Waals surface area (Å²) in [6, 6.07) is 0. The highest BCUT2D eigenvalue weighted by atomic mass is 16.5. The Morgan fingerprint density at radius 1 is 1.69 bits per heavy atom. The first-order valence-electron chi connectivity index (χ1n) is 4.69. The minimum Gasteiger partial charge on any atom is -0.381 e. The maximum absolute atomic E-state index is 5.48. The van der Waals surface area contributed by atoms with Crippen LogP contribution in [-0.2, 0) is 17.7 Å². The maximum Gasteiger partial charge on any atom is 0.106 e. The van der Waals surface area contributed by atoms with Crippen LogP contribution in [0.4, 0.5) is 0 Å². The van der Waals surface area contributed by atoms with Crippen LogP contribution in [0.3, 0.4) is 0 Å². The van der Waals surface area contributed by atoms with Crippen molar-refractivity contribution >= 4 is 0 Å². The molecule has 0 saturated carbocycles. The molecule has 4 heteroatoms. The van der Waals surface area contributed by atoms with Crippen LogP contribution in [0.5, 0.6) is 0 Å². The van der Waals surface area contributed by atoms with Gasteiger partial charge in [0, 0.05) is 38.1 Å². The minimum atomic E-state index is 0.536. The van der Waals surface area contributed by atoms with E-state index >= 15 is 0 Å². The van der Waals surface area contributed by atoms with Crippen LogP contribution in [0.2, 0.25) is 0 Å². The van der Waals surface area contributed by atoms with E-state index in [0.29, 0.717) is 12.5 Å². The molecule has 1 fully saturated rings. The number of rotatable bonds is 3. The molecule has 0 amide bonds. The molecule has 2 rings (SSSR count). The van der Waals surface area contributed by atoms with Gasteiger partial charge in [-0.25, -0.2) is 4.98 Å². The van der Waals surface area contributed by atoms with E-state index in [9.17, 15) is 0 Å². The lowest BCUT2D eigenvalue weighted by Gasteiger charge is -2.03. The molecule has 1 saturated heterocycles. The van der Waals surface area contributed by atoms with Crippen LogP contribution in [0, 0.1) is 5.92 Å². The Labute approximate surface area is 77.5 Å². The van der Waals surface area contributed by atoms with E-state index in [1.54, 1.807) is 0 Å². The Kier molecular flexibility index (Phi) is 2.61. The summed E-state index contributed by atoms with van der Waals surface area (Å²) in [7, 11) is 0. The largest absolute Gasteiger partial charge is 0.381 e. The van der Waals surface area contributed by atoms with Crippen LogP contribution < -0.4 is 5.73 Å². The van der Waals surface area contributed by atoms with Gasteiger partial charge in [0.05, 0.1) is 0 Å².